The fourth-order valence-corrected chi connectivity index (χ4v) is 2.22. The molecule has 2 amide bonds. The lowest BCUT2D eigenvalue weighted by atomic mass is 10.1. The van der Waals surface area contributed by atoms with E-state index in [1.165, 1.54) is 0 Å². The van der Waals surface area contributed by atoms with E-state index in [-0.39, 0.29) is 11.8 Å². The number of carbonyl (C=O) groups is 2. The third-order valence-corrected chi connectivity index (χ3v) is 3.62. The van der Waals surface area contributed by atoms with Gasteiger partial charge in [-0.15, -0.1) is 0 Å². The van der Waals surface area contributed by atoms with E-state index in [0.717, 1.165) is 18.5 Å². The van der Waals surface area contributed by atoms with Crippen LogP contribution in [0.4, 0.5) is 11.4 Å². The van der Waals surface area contributed by atoms with E-state index in [4.69, 9.17) is 0 Å². The van der Waals surface area contributed by atoms with Crippen molar-refractivity contribution in [1.82, 2.24) is 0 Å². The number of amides is 2. The normalized spacial score (nSPS) is 10.2. The van der Waals surface area contributed by atoms with Gasteiger partial charge in [0.2, 0.25) is 5.91 Å². The summed E-state index contributed by atoms with van der Waals surface area (Å²) < 4.78 is 0. The molecule has 120 valence electrons. The van der Waals surface area contributed by atoms with Crippen molar-refractivity contribution < 1.29 is 9.59 Å². The molecule has 0 aliphatic rings. The number of anilines is 2. The lowest BCUT2D eigenvalue weighted by Gasteiger charge is -2.17. The van der Waals surface area contributed by atoms with Crippen molar-refractivity contribution in [2.45, 2.75) is 26.2 Å². The molecule has 0 radical (unpaired) electrons. The van der Waals surface area contributed by atoms with E-state index >= 15 is 0 Å². The first-order valence-corrected chi connectivity index (χ1v) is 7.85. The number of rotatable bonds is 6. The number of unbranched alkanes of at least 4 members (excludes halogenated alkanes) is 1. The zero-order valence-electron chi connectivity index (χ0n) is 13.6. The molecule has 23 heavy (non-hydrogen) atoms. The van der Waals surface area contributed by atoms with Gasteiger partial charge in [0, 0.05) is 30.4 Å². The van der Waals surface area contributed by atoms with E-state index < -0.39 is 0 Å². The SMILES string of the molecule is CCCCC(=O)Nc1ccc(C(=O)N(C)c2ccccc2)cc1. The third kappa shape index (κ3) is 4.68. The summed E-state index contributed by atoms with van der Waals surface area (Å²) in [5.74, 6) is -0.0765. The highest BCUT2D eigenvalue weighted by atomic mass is 16.2. The zero-order chi connectivity index (χ0) is 16.7. The fraction of sp³-hybridized carbons (Fsp3) is 0.263. The molecule has 0 spiro atoms. The van der Waals surface area contributed by atoms with Crippen molar-refractivity contribution in [3.8, 4) is 0 Å². The Balaban J connectivity index is 2.01. The van der Waals surface area contributed by atoms with Gasteiger partial charge in [0.25, 0.3) is 5.91 Å². The van der Waals surface area contributed by atoms with E-state index in [9.17, 15) is 9.59 Å². The summed E-state index contributed by atoms with van der Waals surface area (Å²) in [5.41, 5.74) is 2.14. The predicted molar refractivity (Wildman–Crippen MR) is 93.8 cm³/mol. The average molecular weight is 310 g/mol. The molecule has 0 fully saturated rings. The molecule has 0 unspecified atom stereocenters. The van der Waals surface area contributed by atoms with Crippen LogP contribution >= 0.6 is 0 Å². The van der Waals surface area contributed by atoms with Gasteiger partial charge in [0.1, 0.15) is 0 Å². The molecule has 4 nitrogen and oxygen atoms in total. The lowest BCUT2D eigenvalue weighted by Crippen LogP contribution is -2.26. The van der Waals surface area contributed by atoms with E-state index in [2.05, 4.69) is 12.2 Å². The number of hydrogen-bond donors (Lipinski definition) is 1. The van der Waals surface area contributed by atoms with Crippen LogP contribution in [0, 0.1) is 0 Å². The minimum absolute atomic E-state index is 0.00679. The van der Waals surface area contributed by atoms with Crippen molar-refractivity contribution in [3.05, 3.63) is 60.2 Å². The minimum atomic E-state index is -0.0833. The first-order valence-electron chi connectivity index (χ1n) is 7.85. The largest absolute Gasteiger partial charge is 0.326 e. The Morgan fingerprint density at radius 2 is 1.65 bits per heavy atom. The van der Waals surface area contributed by atoms with Gasteiger partial charge in [0.15, 0.2) is 0 Å². The zero-order valence-corrected chi connectivity index (χ0v) is 13.6. The van der Waals surface area contributed by atoms with Crippen LogP contribution in [0.1, 0.15) is 36.5 Å². The minimum Gasteiger partial charge on any atom is -0.326 e. The maximum absolute atomic E-state index is 12.5. The molecule has 0 saturated heterocycles. The Hall–Kier alpha value is -2.62. The van der Waals surface area contributed by atoms with Crippen LogP contribution in [0.25, 0.3) is 0 Å². The number of carbonyl (C=O) groups excluding carboxylic acids is 2. The Bertz CT molecular complexity index is 651. The summed E-state index contributed by atoms with van der Waals surface area (Å²) in [6.07, 6.45) is 2.39. The maximum Gasteiger partial charge on any atom is 0.258 e. The van der Waals surface area contributed by atoms with Crippen molar-refractivity contribution in [2.24, 2.45) is 0 Å². The number of nitrogens with zero attached hydrogens (tertiary/aromatic N) is 1. The molecule has 2 aromatic rings. The van der Waals surface area contributed by atoms with Crippen molar-refractivity contribution >= 4 is 23.2 Å². The van der Waals surface area contributed by atoms with Crippen molar-refractivity contribution in [1.29, 1.82) is 0 Å². The average Bonchev–Trinajstić information content (AvgIpc) is 2.60. The molecule has 0 atom stereocenters. The first kappa shape index (κ1) is 16.7. The van der Waals surface area contributed by atoms with Gasteiger partial charge in [-0.05, 0) is 42.8 Å². The molecular formula is C19H22N2O2. The van der Waals surface area contributed by atoms with Gasteiger partial charge >= 0.3 is 0 Å². The molecule has 4 heteroatoms. The molecule has 0 aliphatic heterocycles. The number of para-hydroxylation sites is 1. The summed E-state index contributed by atoms with van der Waals surface area (Å²) in [4.78, 5) is 25.8. The summed E-state index contributed by atoms with van der Waals surface area (Å²) in [7, 11) is 1.75. The highest BCUT2D eigenvalue weighted by molar-refractivity contribution is 6.06. The molecule has 0 bridgehead atoms. The quantitative estimate of drug-likeness (QED) is 0.873. The Kier molecular flexibility index (Phi) is 5.92. The van der Waals surface area contributed by atoms with Crippen LogP contribution in [-0.2, 0) is 4.79 Å². The second-order valence-corrected chi connectivity index (χ2v) is 5.43. The lowest BCUT2D eigenvalue weighted by molar-refractivity contribution is -0.116. The summed E-state index contributed by atoms with van der Waals surface area (Å²) in [6, 6.07) is 16.5. The maximum atomic E-state index is 12.5. The van der Waals surface area contributed by atoms with E-state index in [0.29, 0.717) is 17.7 Å². The highest BCUT2D eigenvalue weighted by Crippen LogP contribution is 2.16. The van der Waals surface area contributed by atoms with E-state index in [1.807, 2.05) is 30.3 Å². The highest BCUT2D eigenvalue weighted by Gasteiger charge is 2.13. The Labute approximate surface area is 137 Å². The first-order chi connectivity index (χ1) is 11.1. The van der Waals surface area contributed by atoms with Gasteiger partial charge in [0.05, 0.1) is 0 Å². The number of hydrogen-bond acceptors (Lipinski definition) is 2. The summed E-state index contributed by atoms with van der Waals surface area (Å²) in [5, 5.41) is 2.84. The van der Waals surface area contributed by atoms with Crippen LogP contribution in [0.15, 0.2) is 54.6 Å². The Morgan fingerprint density at radius 1 is 1.00 bits per heavy atom. The summed E-state index contributed by atoms with van der Waals surface area (Å²) in [6.45, 7) is 2.05. The summed E-state index contributed by atoms with van der Waals surface area (Å²) >= 11 is 0. The van der Waals surface area contributed by atoms with Gasteiger partial charge < -0.3 is 10.2 Å². The van der Waals surface area contributed by atoms with Gasteiger partial charge in [-0.25, -0.2) is 0 Å². The second-order valence-electron chi connectivity index (χ2n) is 5.43. The third-order valence-electron chi connectivity index (χ3n) is 3.62. The van der Waals surface area contributed by atoms with Crippen LogP contribution < -0.4 is 10.2 Å². The molecule has 1 N–H and O–H groups in total. The van der Waals surface area contributed by atoms with E-state index in [1.54, 1.807) is 36.2 Å². The van der Waals surface area contributed by atoms with Crippen molar-refractivity contribution in [2.75, 3.05) is 17.3 Å². The van der Waals surface area contributed by atoms with Crippen LogP contribution in [0.5, 0.6) is 0 Å². The van der Waals surface area contributed by atoms with Crippen LogP contribution in [0.3, 0.4) is 0 Å². The smallest absolute Gasteiger partial charge is 0.258 e. The number of nitrogens with one attached hydrogen (secondary N) is 1. The second kappa shape index (κ2) is 8.13. The van der Waals surface area contributed by atoms with Crippen LogP contribution in [-0.4, -0.2) is 18.9 Å². The molecule has 0 heterocycles. The molecule has 2 aromatic carbocycles. The topological polar surface area (TPSA) is 49.4 Å². The number of benzene rings is 2. The van der Waals surface area contributed by atoms with Gasteiger partial charge in [-0.3, -0.25) is 9.59 Å². The standard InChI is InChI=1S/C19H22N2O2/c1-3-4-10-18(22)20-16-13-11-15(12-14-16)19(23)21(2)17-8-6-5-7-9-17/h5-9,11-14H,3-4,10H2,1-2H3,(H,20,22). The predicted octanol–water partition coefficient (Wildman–Crippen LogP) is 4.09. The van der Waals surface area contributed by atoms with Crippen LogP contribution in [0.2, 0.25) is 0 Å². The molecule has 0 aromatic heterocycles. The molecule has 0 saturated carbocycles. The Morgan fingerprint density at radius 3 is 2.26 bits per heavy atom. The van der Waals surface area contributed by atoms with Gasteiger partial charge in [-0.1, -0.05) is 31.5 Å². The molecular weight excluding hydrogens is 288 g/mol. The fourth-order valence-electron chi connectivity index (χ4n) is 2.22. The molecule has 2 rings (SSSR count). The van der Waals surface area contributed by atoms with Crippen molar-refractivity contribution in [3.63, 3.8) is 0 Å². The van der Waals surface area contributed by atoms with Gasteiger partial charge in [-0.2, -0.15) is 0 Å². The molecule has 0 aliphatic carbocycles. The monoisotopic (exact) mass is 310 g/mol.